The van der Waals surface area contributed by atoms with E-state index in [1.165, 1.54) is 0 Å². The van der Waals surface area contributed by atoms with E-state index in [0.717, 1.165) is 44.1 Å². The molecule has 118 valence electrons. The van der Waals surface area contributed by atoms with Crippen LogP contribution in [0.15, 0.2) is 24.5 Å². The van der Waals surface area contributed by atoms with Crippen LogP contribution in [0.2, 0.25) is 5.02 Å². The Kier molecular flexibility index (Phi) is 4.49. The van der Waals surface area contributed by atoms with Crippen molar-refractivity contribution >= 4 is 23.3 Å². The first-order valence-corrected chi connectivity index (χ1v) is 7.92. The van der Waals surface area contributed by atoms with Crippen molar-refractivity contribution in [2.45, 2.75) is 13.5 Å². The van der Waals surface area contributed by atoms with Crippen molar-refractivity contribution in [3.63, 3.8) is 0 Å². The Bertz CT molecular complexity index is 663. The summed E-state index contributed by atoms with van der Waals surface area (Å²) in [5.41, 5.74) is 1.65. The van der Waals surface area contributed by atoms with Gasteiger partial charge in [-0.3, -0.25) is 0 Å². The third-order valence-electron chi connectivity index (χ3n) is 3.99. The Labute approximate surface area is 134 Å². The molecule has 0 spiro atoms. The highest BCUT2D eigenvalue weighted by atomic mass is 35.5. The zero-order chi connectivity index (χ0) is 15.5. The number of pyridine rings is 1. The zero-order valence-electron chi connectivity index (χ0n) is 12.6. The maximum absolute atomic E-state index is 12.2. The predicted molar refractivity (Wildman–Crippen MR) is 86.1 cm³/mol. The van der Waals surface area contributed by atoms with E-state index in [1.807, 2.05) is 21.6 Å². The maximum Gasteiger partial charge on any atom is 0.317 e. The van der Waals surface area contributed by atoms with E-state index in [9.17, 15) is 4.79 Å². The minimum absolute atomic E-state index is 0.0224. The molecule has 1 N–H and O–H groups in total. The van der Waals surface area contributed by atoms with E-state index in [4.69, 9.17) is 11.6 Å². The standard InChI is InChI=1S/C15H20ClN5O/c1-2-19-5-7-20(8-6-19)15(22)17-9-13-11-21-10-12(16)3-4-14(21)18-13/h3-4,10-11H,2,5-9H2,1H3,(H,17,22). The summed E-state index contributed by atoms with van der Waals surface area (Å²) in [6.07, 6.45) is 3.69. The number of piperazine rings is 1. The lowest BCUT2D eigenvalue weighted by molar-refractivity contribution is 0.142. The molecule has 1 aliphatic heterocycles. The van der Waals surface area contributed by atoms with Gasteiger partial charge in [-0.15, -0.1) is 0 Å². The van der Waals surface area contributed by atoms with E-state index >= 15 is 0 Å². The molecule has 1 saturated heterocycles. The summed E-state index contributed by atoms with van der Waals surface area (Å²) >= 11 is 5.95. The van der Waals surface area contributed by atoms with Crippen LogP contribution in [0.25, 0.3) is 5.65 Å². The number of urea groups is 1. The smallest absolute Gasteiger partial charge is 0.317 e. The fourth-order valence-electron chi connectivity index (χ4n) is 2.65. The molecule has 2 aromatic rings. The Morgan fingerprint density at radius 2 is 2.05 bits per heavy atom. The predicted octanol–water partition coefficient (Wildman–Crippen LogP) is 1.83. The molecule has 22 heavy (non-hydrogen) atoms. The SMILES string of the molecule is CCN1CCN(C(=O)NCc2cn3cc(Cl)ccc3n2)CC1. The van der Waals surface area contributed by atoms with Gasteiger partial charge in [0.05, 0.1) is 17.3 Å². The van der Waals surface area contributed by atoms with Crippen LogP contribution >= 0.6 is 11.6 Å². The topological polar surface area (TPSA) is 52.9 Å². The Hall–Kier alpha value is -1.79. The quantitative estimate of drug-likeness (QED) is 0.938. The summed E-state index contributed by atoms with van der Waals surface area (Å²) in [5, 5.41) is 3.60. The Balaban J connectivity index is 1.56. The molecule has 1 fully saturated rings. The number of carbonyl (C=O) groups is 1. The van der Waals surface area contributed by atoms with Gasteiger partial charge in [-0.1, -0.05) is 18.5 Å². The third-order valence-corrected chi connectivity index (χ3v) is 4.22. The molecular formula is C15H20ClN5O. The fraction of sp³-hybridized carbons (Fsp3) is 0.467. The zero-order valence-corrected chi connectivity index (χ0v) is 13.4. The lowest BCUT2D eigenvalue weighted by atomic mass is 10.3. The van der Waals surface area contributed by atoms with E-state index in [1.54, 1.807) is 12.3 Å². The molecule has 0 bridgehead atoms. The second-order valence-corrected chi connectivity index (χ2v) is 5.86. The van der Waals surface area contributed by atoms with Crippen LogP contribution < -0.4 is 5.32 Å². The van der Waals surface area contributed by atoms with Crippen molar-refractivity contribution in [3.05, 3.63) is 35.2 Å². The number of halogens is 1. The maximum atomic E-state index is 12.2. The molecule has 6 nitrogen and oxygen atoms in total. The van der Waals surface area contributed by atoms with Crippen molar-refractivity contribution in [2.75, 3.05) is 32.7 Å². The van der Waals surface area contributed by atoms with E-state index in [2.05, 4.69) is 22.1 Å². The first-order valence-electron chi connectivity index (χ1n) is 7.54. The number of nitrogens with one attached hydrogen (secondary N) is 1. The van der Waals surface area contributed by atoms with Crippen LogP contribution in [0.5, 0.6) is 0 Å². The molecule has 0 atom stereocenters. The summed E-state index contributed by atoms with van der Waals surface area (Å²) in [4.78, 5) is 20.8. The number of rotatable bonds is 3. The van der Waals surface area contributed by atoms with Crippen molar-refractivity contribution < 1.29 is 4.79 Å². The molecule has 2 amide bonds. The number of fused-ring (bicyclic) bond motifs is 1. The lowest BCUT2D eigenvalue weighted by Crippen LogP contribution is -2.51. The second-order valence-electron chi connectivity index (χ2n) is 5.43. The van der Waals surface area contributed by atoms with Crippen molar-refractivity contribution in [3.8, 4) is 0 Å². The highest BCUT2D eigenvalue weighted by Gasteiger charge is 2.19. The van der Waals surface area contributed by atoms with Gasteiger partial charge in [0.15, 0.2) is 0 Å². The molecule has 7 heteroatoms. The molecule has 0 radical (unpaired) electrons. The highest BCUT2D eigenvalue weighted by molar-refractivity contribution is 6.30. The van der Waals surface area contributed by atoms with Gasteiger partial charge in [-0.25, -0.2) is 9.78 Å². The monoisotopic (exact) mass is 321 g/mol. The number of imidazole rings is 1. The minimum atomic E-state index is -0.0224. The first kappa shape index (κ1) is 15.1. The Morgan fingerprint density at radius 1 is 1.27 bits per heavy atom. The number of aromatic nitrogens is 2. The van der Waals surface area contributed by atoms with Gasteiger partial charge in [-0.2, -0.15) is 0 Å². The van der Waals surface area contributed by atoms with Crippen molar-refractivity contribution in [1.82, 2.24) is 24.5 Å². The third kappa shape index (κ3) is 3.34. The lowest BCUT2D eigenvalue weighted by Gasteiger charge is -2.33. The second kappa shape index (κ2) is 6.54. The Morgan fingerprint density at radius 3 is 2.77 bits per heavy atom. The van der Waals surface area contributed by atoms with Crippen LogP contribution in [0.4, 0.5) is 4.79 Å². The molecule has 0 saturated carbocycles. The van der Waals surface area contributed by atoms with Crippen LogP contribution in [-0.4, -0.2) is 57.9 Å². The van der Waals surface area contributed by atoms with Gasteiger partial charge in [0.25, 0.3) is 0 Å². The molecule has 0 aliphatic carbocycles. The summed E-state index contributed by atoms with van der Waals surface area (Å²) in [5.74, 6) is 0. The molecule has 3 heterocycles. The number of likely N-dealkylation sites (N-methyl/N-ethyl adjacent to an activating group) is 1. The van der Waals surface area contributed by atoms with E-state index < -0.39 is 0 Å². The summed E-state index contributed by atoms with van der Waals surface area (Å²) < 4.78 is 1.86. The average molecular weight is 322 g/mol. The number of nitrogens with zero attached hydrogens (tertiary/aromatic N) is 4. The van der Waals surface area contributed by atoms with Gasteiger partial charge in [0.2, 0.25) is 0 Å². The molecule has 3 rings (SSSR count). The van der Waals surface area contributed by atoms with Gasteiger partial charge in [0.1, 0.15) is 5.65 Å². The summed E-state index contributed by atoms with van der Waals surface area (Å²) in [7, 11) is 0. The molecule has 2 aromatic heterocycles. The number of amides is 2. The van der Waals surface area contributed by atoms with Crippen molar-refractivity contribution in [2.24, 2.45) is 0 Å². The molecule has 0 aromatic carbocycles. The average Bonchev–Trinajstić information content (AvgIpc) is 2.94. The normalized spacial score (nSPS) is 16.2. The summed E-state index contributed by atoms with van der Waals surface area (Å²) in [6, 6.07) is 3.64. The number of carbonyl (C=O) groups excluding carboxylic acids is 1. The minimum Gasteiger partial charge on any atom is -0.332 e. The molecular weight excluding hydrogens is 302 g/mol. The van der Waals surface area contributed by atoms with E-state index in [-0.39, 0.29) is 6.03 Å². The van der Waals surface area contributed by atoms with Gasteiger partial charge >= 0.3 is 6.03 Å². The van der Waals surface area contributed by atoms with Crippen molar-refractivity contribution in [1.29, 1.82) is 0 Å². The van der Waals surface area contributed by atoms with Gasteiger partial charge in [-0.05, 0) is 18.7 Å². The molecule has 1 aliphatic rings. The highest BCUT2D eigenvalue weighted by Crippen LogP contribution is 2.11. The fourth-order valence-corrected chi connectivity index (χ4v) is 2.82. The van der Waals surface area contributed by atoms with Gasteiger partial charge < -0.3 is 19.5 Å². The first-order chi connectivity index (χ1) is 10.7. The van der Waals surface area contributed by atoms with Gasteiger partial charge in [0, 0.05) is 38.6 Å². The van der Waals surface area contributed by atoms with Crippen LogP contribution in [0, 0.1) is 0 Å². The van der Waals surface area contributed by atoms with Crippen LogP contribution in [-0.2, 0) is 6.54 Å². The largest absolute Gasteiger partial charge is 0.332 e. The summed E-state index contributed by atoms with van der Waals surface area (Å²) in [6.45, 7) is 7.05. The number of hydrogen-bond donors (Lipinski definition) is 1. The number of hydrogen-bond acceptors (Lipinski definition) is 3. The molecule has 0 unspecified atom stereocenters. The van der Waals surface area contributed by atoms with Crippen LogP contribution in [0.3, 0.4) is 0 Å². The van der Waals surface area contributed by atoms with Crippen LogP contribution in [0.1, 0.15) is 12.6 Å². The van der Waals surface area contributed by atoms with E-state index in [0.29, 0.717) is 11.6 Å².